The van der Waals surface area contributed by atoms with E-state index in [2.05, 4.69) is 4.74 Å². The Morgan fingerprint density at radius 2 is 1.88 bits per heavy atom. The highest BCUT2D eigenvalue weighted by molar-refractivity contribution is 5.97. The molecule has 0 amide bonds. The molecule has 0 aliphatic heterocycles. The Morgan fingerprint density at radius 1 is 1.12 bits per heavy atom. The molecule has 2 rings (SSSR count). The van der Waals surface area contributed by atoms with Crippen LogP contribution in [0.15, 0.2) is 54.1 Å². The van der Waals surface area contributed by atoms with Crippen LogP contribution in [0, 0.1) is 11.3 Å². The zero-order chi connectivity index (χ0) is 17.4. The van der Waals surface area contributed by atoms with Crippen molar-refractivity contribution in [2.24, 2.45) is 0 Å². The van der Waals surface area contributed by atoms with Gasteiger partial charge in [-0.25, -0.2) is 4.79 Å². The molecule has 5 nitrogen and oxygen atoms in total. The third-order valence-corrected chi connectivity index (χ3v) is 3.26. The molecule has 0 unspecified atom stereocenters. The number of ether oxygens (including phenoxy) is 3. The van der Waals surface area contributed by atoms with Crippen molar-refractivity contribution in [2.75, 3.05) is 14.2 Å². The van der Waals surface area contributed by atoms with Crippen LogP contribution in [0.4, 0.5) is 0 Å². The summed E-state index contributed by atoms with van der Waals surface area (Å²) in [6.07, 6.45) is 1.44. The number of methoxy groups -OCH3 is 2. The van der Waals surface area contributed by atoms with Gasteiger partial charge in [0.25, 0.3) is 0 Å². The standard InChI is InChI=1S/C19H17NO4/c1-22-18-11-15(10-16(12-20)19(21)23-2)8-9-17(18)24-13-14-6-4-3-5-7-14/h3-11H,13H2,1-2H3/b16-10+. The van der Waals surface area contributed by atoms with Gasteiger partial charge in [0.1, 0.15) is 18.2 Å². The number of benzene rings is 2. The van der Waals surface area contributed by atoms with E-state index in [4.69, 9.17) is 14.7 Å². The number of nitrogens with zero attached hydrogens (tertiary/aromatic N) is 1. The first-order valence-corrected chi connectivity index (χ1v) is 7.22. The summed E-state index contributed by atoms with van der Waals surface area (Å²) >= 11 is 0. The maximum atomic E-state index is 11.5. The molecule has 0 aromatic heterocycles. The fourth-order valence-electron chi connectivity index (χ4n) is 2.04. The van der Waals surface area contributed by atoms with Crippen LogP contribution in [0.2, 0.25) is 0 Å². The van der Waals surface area contributed by atoms with E-state index >= 15 is 0 Å². The molecule has 0 spiro atoms. The molecule has 0 aliphatic rings. The summed E-state index contributed by atoms with van der Waals surface area (Å²) in [6.45, 7) is 0.415. The van der Waals surface area contributed by atoms with Crippen molar-refractivity contribution < 1.29 is 19.0 Å². The topological polar surface area (TPSA) is 68.6 Å². The second kappa shape index (κ2) is 8.39. The van der Waals surface area contributed by atoms with E-state index in [1.165, 1.54) is 20.3 Å². The predicted octanol–water partition coefficient (Wildman–Crippen LogP) is 3.35. The largest absolute Gasteiger partial charge is 0.493 e. The molecule has 0 N–H and O–H groups in total. The summed E-state index contributed by atoms with van der Waals surface area (Å²) in [5.41, 5.74) is 1.60. The van der Waals surface area contributed by atoms with Crippen LogP contribution in [0.5, 0.6) is 11.5 Å². The van der Waals surface area contributed by atoms with Gasteiger partial charge < -0.3 is 14.2 Å². The number of esters is 1. The monoisotopic (exact) mass is 323 g/mol. The van der Waals surface area contributed by atoms with Crippen molar-refractivity contribution in [1.82, 2.24) is 0 Å². The van der Waals surface area contributed by atoms with E-state index in [0.717, 1.165) is 5.56 Å². The summed E-state index contributed by atoms with van der Waals surface area (Å²) in [6, 6.07) is 16.8. The van der Waals surface area contributed by atoms with E-state index in [-0.39, 0.29) is 5.57 Å². The van der Waals surface area contributed by atoms with Crippen molar-refractivity contribution in [2.45, 2.75) is 6.61 Å². The smallest absolute Gasteiger partial charge is 0.348 e. The van der Waals surface area contributed by atoms with E-state index in [0.29, 0.717) is 23.7 Å². The van der Waals surface area contributed by atoms with Crippen LogP contribution in [-0.4, -0.2) is 20.2 Å². The number of hydrogen-bond acceptors (Lipinski definition) is 5. The molecule has 0 saturated heterocycles. The van der Waals surface area contributed by atoms with Crippen molar-refractivity contribution >= 4 is 12.0 Å². The molecule has 122 valence electrons. The van der Waals surface area contributed by atoms with Crippen LogP contribution in [0.3, 0.4) is 0 Å². The first-order chi connectivity index (χ1) is 11.7. The lowest BCUT2D eigenvalue weighted by Crippen LogP contribution is -2.02. The highest BCUT2D eigenvalue weighted by Gasteiger charge is 2.10. The van der Waals surface area contributed by atoms with Gasteiger partial charge in [0.05, 0.1) is 14.2 Å². The fraction of sp³-hybridized carbons (Fsp3) is 0.158. The van der Waals surface area contributed by atoms with Crippen LogP contribution < -0.4 is 9.47 Å². The maximum absolute atomic E-state index is 11.5. The summed E-state index contributed by atoms with van der Waals surface area (Å²) in [5.74, 6) is 0.415. The minimum atomic E-state index is -0.680. The van der Waals surface area contributed by atoms with Gasteiger partial charge in [0.15, 0.2) is 11.5 Å². The second-order valence-electron chi connectivity index (χ2n) is 4.85. The number of carbonyl (C=O) groups is 1. The Balaban J connectivity index is 2.20. The van der Waals surface area contributed by atoms with Crippen LogP contribution in [0.1, 0.15) is 11.1 Å². The molecule has 0 bridgehead atoms. The average molecular weight is 323 g/mol. The maximum Gasteiger partial charge on any atom is 0.348 e. The zero-order valence-corrected chi connectivity index (χ0v) is 13.5. The summed E-state index contributed by atoms with van der Waals surface area (Å²) < 4.78 is 15.6. The SMILES string of the molecule is COC(=O)/C(C#N)=C/c1ccc(OCc2ccccc2)c(OC)c1. The Morgan fingerprint density at radius 3 is 2.50 bits per heavy atom. The van der Waals surface area contributed by atoms with Crippen LogP contribution in [-0.2, 0) is 16.1 Å². The highest BCUT2D eigenvalue weighted by atomic mass is 16.5. The van der Waals surface area contributed by atoms with E-state index in [1.54, 1.807) is 18.2 Å². The van der Waals surface area contributed by atoms with Crippen LogP contribution in [0.25, 0.3) is 6.08 Å². The Bertz CT molecular complexity index is 776. The Hall–Kier alpha value is -3.26. The van der Waals surface area contributed by atoms with Crippen LogP contribution >= 0.6 is 0 Å². The fourth-order valence-corrected chi connectivity index (χ4v) is 2.04. The molecular formula is C19H17NO4. The normalized spacial score (nSPS) is 10.6. The van der Waals surface area contributed by atoms with Gasteiger partial charge in [0, 0.05) is 0 Å². The van der Waals surface area contributed by atoms with Gasteiger partial charge in [-0.15, -0.1) is 0 Å². The molecular weight excluding hydrogens is 306 g/mol. The summed E-state index contributed by atoms with van der Waals surface area (Å²) in [5, 5.41) is 9.01. The lowest BCUT2D eigenvalue weighted by Gasteiger charge is -2.11. The lowest BCUT2D eigenvalue weighted by molar-refractivity contribution is -0.135. The number of carbonyl (C=O) groups excluding carboxylic acids is 1. The quantitative estimate of drug-likeness (QED) is 0.463. The van der Waals surface area contributed by atoms with Crippen molar-refractivity contribution in [3.63, 3.8) is 0 Å². The Kier molecular flexibility index (Phi) is 5.98. The first-order valence-electron chi connectivity index (χ1n) is 7.22. The highest BCUT2D eigenvalue weighted by Crippen LogP contribution is 2.29. The van der Waals surface area contributed by atoms with E-state index in [9.17, 15) is 4.79 Å². The van der Waals surface area contributed by atoms with Gasteiger partial charge in [-0.05, 0) is 29.3 Å². The summed E-state index contributed by atoms with van der Waals surface area (Å²) in [4.78, 5) is 11.5. The van der Waals surface area contributed by atoms with Gasteiger partial charge in [0.2, 0.25) is 0 Å². The van der Waals surface area contributed by atoms with Crippen molar-refractivity contribution in [1.29, 1.82) is 5.26 Å². The molecule has 0 saturated carbocycles. The van der Waals surface area contributed by atoms with Crippen molar-refractivity contribution in [3.05, 3.63) is 65.2 Å². The Labute approximate surface area is 140 Å². The van der Waals surface area contributed by atoms with E-state index in [1.807, 2.05) is 36.4 Å². The predicted molar refractivity (Wildman–Crippen MR) is 89.4 cm³/mol. The average Bonchev–Trinajstić information content (AvgIpc) is 2.64. The molecule has 0 heterocycles. The minimum Gasteiger partial charge on any atom is -0.493 e. The first kappa shape index (κ1) is 17.1. The zero-order valence-electron chi connectivity index (χ0n) is 13.5. The number of nitriles is 1. The molecule has 2 aromatic rings. The van der Waals surface area contributed by atoms with Gasteiger partial charge >= 0.3 is 5.97 Å². The third-order valence-electron chi connectivity index (χ3n) is 3.26. The van der Waals surface area contributed by atoms with Gasteiger partial charge in [-0.3, -0.25) is 0 Å². The van der Waals surface area contributed by atoms with Gasteiger partial charge in [-0.2, -0.15) is 5.26 Å². The summed E-state index contributed by atoms with van der Waals surface area (Å²) in [7, 11) is 2.76. The molecule has 0 atom stereocenters. The molecule has 5 heteroatoms. The molecule has 24 heavy (non-hydrogen) atoms. The third kappa shape index (κ3) is 4.37. The second-order valence-corrected chi connectivity index (χ2v) is 4.85. The van der Waals surface area contributed by atoms with Crippen molar-refractivity contribution in [3.8, 4) is 17.6 Å². The minimum absolute atomic E-state index is 0.0856. The van der Waals surface area contributed by atoms with Gasteiger partial charge in [-0.1, -0.05) is 36.4 Å². The molecule has 0 fully saturated rings. The number of hydrogen-bond donors (Lipinski definition) is 0. The lowest BCUT2D eigenvalue weighted by atomic mass is 10.1. The molecule has 0 aliphatic carbocycles. The number of rotatable bonds is 6. The molecule has 0 radical (unpaired) electrons. The molecule has 2 aromatic carbocycles. The van der Waals surface area contributed by atoms with E-state index < -0.39 is 5.97 Å².